The van der Waals surface area contributed by atoms with E-state index in [4.69, 9.17) is 5.73 Å². The quantitative estimate of drug-likeness (QED) is 0.741. The molecule has 1 amide bonds. The number of aromatic amines is 1. The van der Waals surface area contributed by atoms with Crippen molar-refractivity contribution in [2.75, 3.05) is 11.9 Å². The Morgan fingerprint density at radius 3 is 3.00 bits per heavy atom. The van der Waals surface area contributed by atoms with Crippen LogP contribution in [-0.2, 0) is 4.79 Å². The van der Waals surface area contributed by atoms with Crippen LogP contribution in [0.2, 0.25) is 0 Å². The van der Waals surface area contributed by atoms with Crippen LogP contribution in [0, 0.1) is 0 Å². The fourth-order valence-electron chi connectivity index (χ4n) is 1.54. The maximum absolute atomic E-state index is 11.4. The van der Waals surface area contributed by atoms with Gasteiger partial charge in [-0.25, -0.2) is 0 Å². The van der Waals surface area contributed by atoms with E-state index in [0.717, 1.165) is 16.9 Å². The maximum atomic E-state index is 11.4. The number of benzene rings is 1. The molecule has 2 rings (SSSR count). The lowest BCUT2D eigenvalue weighted by Gasteiger charge is -2.05. The van der Waals surface area contributed by atoms with Gasteiger partial charge in [0.15, 0.2) is 0 Å². The Labute approximate surface area is 99.0 Å². The van der Waals surface area contributed by atoms with E-state index in [0.29, 0.717) is 13.0 Å². The third-order valence-corrected chi connectivity index (χ3v) is 2.33. The molecule has 0 aliphatic heterocycles. The van der Waals surface area contributed by atoms with Crippen molar-refractivity contribution in [2.24, 2.45) is 5.73 Å². The smallest absolute Gasteiger partial charge is 0.225 e. The molecule has 1 aromatic carbocycles. The van der Waals surface area contributed by atoms with Gasteiger partial charge in [-0.3, -0.25) is 9.89 Å². The van der Waals surface area contributed by atoms with Gasteiger partial charge in [0.2, 0.25) is 5.91 Å². The first-order chi connectivity index (χ1) is 8.29. The highest BCUT2D eigenvalue weighted by atomic mass is 16.1. The minimum absolute atomic E-state index is 0.0748. The number of amides is 1. The number of rotatable bonds is 4. The fraction of sp³-hybridized carbons (Fsp3) is 0.167. The standard InChI is InChI=1S/C12H14N4O/c13-6-4-12(17)15-10-3-1-2-9(8-10)11-5-7-14-16-11/h1-3,5,7-8H,4,6,13H2,(H,14,16)(H,15,17). The number of aromatic nitrogens is 2. The Hall–Kier alpha value is -2.14. The summed E-state index contributed by atoms with van der Waals surface area (Å²) in [6.45, 7) is 0.353. The molecule has 2 aromatic rings. The van der Waals surface area contributed by atoms with E-state index in [1.54, 1.807) is 6.20 Å². The molecule has 1 aromatic heterocycles. The van der Waals surface area contributed by atoms with E-state index in [-0.39, 0.29) is 5.91 Å². The van der Waals surface area contributed by atoms with E-state index < -0.39 is 0 Å². The van der Waals surface area contributed by atoms with Gasteiger partial charge < -0.3 is 11.1 Å². The summed E-state index contributed by atoms with van der Waals surface area (Å²) in [5, 5.41) is 9.56. The number of hydrogen-bond acceptors (Lipinski definition) is 3. The number of nitrogens with zero attached hydrogens (tertiary/aromatic N) is 1. The van der Waals surface area contributed by atoms with E-state index in [1.807, 2.05) is 30.3 Å². The summed E-state index contributed by atoms with van der Waals surface area (Å²) in [5.74, 6) is -0.0748. The maximum Gasteiger partial charge on any atom is 0.225 e. The Kier molecular flexibility index (Phi) is 3.52. The third kappa shape index (κ3) is 2.92. The lowest BCUT2D eigenvalue weighted by molar-refractivity contribution is -0.116. The van der Waals surface area contributed by atoms with Gasteiger partial charge >= 0.3 is 0 Å². The van der Waals surface area contributed by atoms with Crippen LogP contribution in [0.3, 0.4) is 0 Å². The molecule has 0 radical (unpaired) electrons. The average Bonchev–Trinajstić information content (AvgIpc) is 2.83. The molecule has 0 unspecified atom stereocenters. The van der Waals surface area contributed by atoms with E-state index in [9.17, 15) is 4.79 Å². The van der Waals surface area contributed by atoms with Crippen molar-refractivity contribution in [3.05, 3.63) is 36.5 Å². The molecule has 0 aliphatic rings. The highest BCUT2D eigenvalue weighted by Crippen LogP contribution is 2.20. The predicted octanol–water partition coefficient (Wildman–Crippen LogP) is 1.36. The highest BCUT2D eigenvalue weighted by molar-refractivity contribution is 5.91. The largest absolute Gasteiger partial charge is 0.330 e. The minimum atomic E-state index is -0.0748. The Morgan fingerprint density at radius 1 is 1.41 bits per heavy atom. The molecule has 0 atom stereocenters. The first kappa shape index (κ1) is 11.3. The summed E-state index contributed by atoms with van der Waals surface area (Å²) in [7, 11) is 0. The monoisotopic (exact) mass is 230 g/mol. The molecule has 5 nitrogen and oxygen atoms in total. The van der Waals surface area contributed by atoms with Crippen LogP contribution in [0.5, 0.6) is 0 Å². The predicted molar refractivity (Wildman–Crippen MR) is 66.3 cm³/mol. The molecule has 0 aliphatic carbocycles. The zero-order chi connectivity index (χ0) is 12.1. The van der Waals surface area contributed by atoms with E-state index in [2.05, 4.69) is 15.5 Å². The lowest BCUT2D eigenvalue weighted by Crippen LogP contribution is -2.16. The Morgan fingerprint density at radius 2 is 2.29 bits per heavy atom. The second kappa shape index (κ2) is 5.27. The van der Waals surface area contributed by atoms with Gasteiger partial charge in [0.25, 0.3) is 0 Å². The van der Waals surface area contributed by atoms with Crippen molar-refractivity contribution < 1.29 is 4.79 Å². The van der Waals surface area contributed by atoms with Crippen LogP contribution in [0.15, 0.2) is 36.5 Å². The van der Waals surface area contributed by atoms with Crippen LogP contribution in [0.1, 0.15) is 6.42 Å². The van der Waals surface area contributed by atoms with Crippen molar-refractivity contribution in [3.8, 4) is 11.3 Å². The highest BCUT2D eigenvalue weighted by Gasteiger charge is 2.03. The molecular formula is C12H14N4O. The number of carbonyl (C=O) groups is 1. The van der Waals surface area contributed by atoms with Crippen molar-refractivity contribution in [3.63, 3.8) is 0 Å². The third-order valence-electron chi connectivity index (χ3n) is 2.33. The molecular weight excluding hydrogens is 216 g/mol. The number of nitrogens with two attached hydrogens (primary N) is 1. The fourth-order valence-corrected chi connectivity index (χ4v) is 1.54. The summed E-state index contributed by atoms with van der Waals surface area (Å²) >= 11 is 0. The van der Waals surface area contributed by atoms with Crippen molar-refractivity contribution in [1.29, 1.82) is 0 Å². The molecule has 0 fully saturated rings. The van der Waals surface area contributed by atoms with Crippen LogP contribution in [0.4, 0.5) is 5.69 Å². The van der Waals surface area contributed by atoms with E-state index in [1.165, 1.54) is 0 Å². The first-order valence-electron chi connectivity index (χ1n) is 5.39. The summed E-state index contributed by atoms with van der Waals surface area (Å²) in [6, 6.07) is 9.44. The van der Waals surface area contributed by atoms with Crippen molar-refractivity contribution >= 4 is 11.6 Å². The molecule has 5 heteroatoms. The van der Waals surface area contributed by atoms with Crippen LogP contribution in [0.25, 0.3) is 11.3 Å². The van der Waals surface area contributed by atoms with Crippen molar-refractivity contribution in [2.45, 2.75) is 6.42 Å². The molecule has 88 valence electrons. The molecule has 17 heavy (non-hydrogen) atoms. The van der Waals surface area contributed by atoms with Gasteiger partial charge in [0.05, 0.1) is 5.69 Å². The molecule has 1 heterocycles. The van der Waals surface area contributed by atoms with Crippen LogP contribution >= 0.6 is 0 Å². The summed E-state index contributed by atoms with van der Waals surface area (Å²) in [5.41, 5.74) is 7.97. The summed E-state index contributed by atoms with van der Waals surface area (Å²) in [4.78, 5) is 11.4. The zero-order valence-electron chi connectivity index (χ0n) is 9.31. The summed E-state index contributed by atoms with van der Waals surface area (Å²) in [6.07, 6.45) is 2.02. The number of hydrogen-bond donors (Lipinski definition) is 3. The number of nitrogens with one attached hydrogen (secondary N) is 2. The van der Waals surface area contributed by atoms with E-state index >= 15 is 0 Å². The minimum Gasteiger partial charge on any atom is -0.330 e. The second-order valence-electron chi connectivity index (χ2n) is 3.64. The second-order valence-corrected chi connectivity index (χ2v) is 3.64. The average molecular weight is 230 g/mol. The molecule has 0 saturated carbocycles. The topological polar surface area (TPSA) is 83.8 Å². The van der Waals surface area contributed by atoms with Gasteiger partial charge in [-0.15, -0.1) is 0 Å². The van der Waals surface area contributed by atoms with Crippen LogP contribution < -0.4 is 11.1 Å². The Balaban J connectivity index is 2.15. The molecule has 0 bridgehead atoms. The molecule has 0 spiro atoms. The first-order valence-corrected chi connectivity index (χ1v) is 5.39. The van der Waals surface area contributed by atoms with Gasteiger partial charge in [-0.1, -0.05) is 12.1 Å². The molecule has 4 N–H and O–H groups in total. The van der Waals surface area contributed by atoms with Gasteiger partial charge in [-0.2, -0.15) is 5.10 Å². The summed E-state index contributed by atoms with van der Waals surface area (Å²) < 4.78 is 0. The Bertz CT molecular complexity index is 493. The SMILES string of the molecule is NCCC(=O)Nc1cccc(-c2ccn[nH]2)c1. The number of anilines is 1. The van der Waals surface area contributed by atoms with Gasteiger partial charge in [-0.05, 0) is 18.2 Å². The number of H-pyrrole nitrogens is 1. The normalized spacial score (nSPS) is 10.2. The zero-order valence-corrected chi connectivity index (χ0v) is 9.31. The van der Waals surface area contributed by atoms with Crippen LogP contribution in [-0.4, -0.2) is 22.6 Å². The van der Waals surface area contributed by atoms with Crippen molar-refractivity contribution in [1.82, 2.24) is 10.2 Å². The van der Waals surface area contributed by atoms with Gasteiger partial charge in [0.1, 0.15) is 0 Å². The van der Waals surface area contributed by atoms with Gasteiger partial charge in [0, 0.05) is 30.4 Å². The lowest BCUT2D eigenvalue weighted by atomic mass is 10.1. The molecule has 0 saturated heterocycles. The number of carbonyl (C=O) groups excluding carboxylic acids is 1.